The van der Waals surface area contributed by atoms with Crippen molar-refractivity contribution in [1.29, 1.82) is 0 Å². The molecule has 7 heteroatoms. The molecule has 1 saturated heterocycles. The number of halogens is 1. The minimum absolute atomic E-state index is 0.0694. The van der Waals surface area contributed by atoms with Gasteiger partial charge >= 0.3 is 0 Å². The number of hydrogen-bond donors (Lipinski definition) is 1. The van der Waals surface area contributed by atoms with Crippen molar-refractivity contribution >= 4 is 27.7 Å². The maximum atomic E-state index is 12.5. The number of nitrogens with one attached hydrogen (secondary N) is 1. The average molecular weight is 446 g/mol. The summed E-state index contributed by atoms with van der Waals surface area (Å²) in [6.07, 6.45) is 0. The van der Waals surface area contributed by atoms with Gasteiger partial charge in [-0.2, -0.15) is 0 Å². The van der Waals surface area contributed by atoms with E-state index in [0.717, 1.165) is 29.9 Å². The zero-order chi connectivity index (χ0) is 19.9. The Bertz CT molecular complexity index is 801. The number of ether oxygens (including phenoxy) is 1. The number of carbonyl (C=O) groups is 2. The van der Waals surface area contributed by atoms with Crippen LogP contribution in [0.15, 0.2) is 53.0 Å². The molecule has 0 atom stereocenters. The van der Waals surface area contributed by atoms with E-state index in [0.29, 0.717) is 30.8 Å². The van der Waals surface area contributed by atoms with Crippen molar-refractivity contribution in [2.24, 2.45) is 0 Å². The number of amides is 2. The van der Waals surface area contributed by atoms with Crippen molar-refractivity contribution in [3.05, 3.63) is 64.1 Å². The third-order valence-corrected chi connectivity index (χ3v) is 5.35. The Hall–Kier alpha value is -2.38. The van der Waals surface area contributed by atoms with E-state index in [-0.39, 0.29) is 11.8 Å². The molecular formula is C21H24BrN3O3. The molecular weight excluding hydrogens is 422 g/mol. The summed E-state index contributed by atoms with van der Waals surface area (Å²) in [5.74, 6) is 0.707. The molecule has 1 aliphatic heterocycles. The van der Waals surface area contributed by atoms with Crippen molar-refractivity contribution in [2.75, 3.05) is 46.4 Å². The van der Waals surface area contributed by atoms with E-state index in [1.165, 1.54) is 0 Å². The zero-order valence-electron chi connectivity index (χ0n) is 15.9. The van der Waals surface area contributed by atoms with Gasteiger partial charge in [-0.05, 0) is 48.5 Å². The molecule has 28 heavy (non-hydrogen) atoms. The first-order chi connectivity index (χ1) is 13.6. The summed E-state index contributed by atoms with van der Waals surface area (Å²) in [7, 11) is 1.60. The summed E-state index contributed by atoms with van der Waals surface area (Å²) < 4.78 is 6.06. The molecule has 3 rings (SSSR count). The van der Waals surface area contributed by atoms with E-state index < -0.39 is 0 Å². The van der Waals surface area contributed by atoms with Crippen LogP contribution in [0.5, 0.6) is 5.75 Å². The number of piperazine rings is 1. The Balaban J connectivity index is 1.40. The van der Waals surface area contributed by atoms with Gasteiger partial charge in [0.15, 0.2) is 0 Å². The highest BCUT2D eigenvalue weighted by Gasteiger charge is 2.22. The van der Waals surface area contributed by atoms with Crippen LogP contribution in [0.3, 0.4) is 0 Å². The van der Waals surface area contributed by atoms with E-state index in [1.54, 1.807) is 31.4 Å². The fourth-order valence-corrected chi connectivity index (χ4v) is 3.39. The first-order valence-corrected chi connectivity index (χ1v) is 10.1. The van der Waals surface area contributed by atoms with Crippen LogP contribution in [0.4, 0.5) is 0 Å². The van der Waals surface area contributed by atoms with Gasteiger partial charge in [-0.1, -0.05) is 15.9 Å². The number of carbonyl (C=O) groups excluding carboxylic acids is 2. The van der Waals surface area contributed by atoms with Crippen molar-refractivity contribution in [1.82, 2.24) is 15.1 Å². The molecule has 2 aromatic carbocycles. The van der Waals surface area contributed by atoms with Crippen molar-refractivity contribution in [3.63, 3.8) is 0 Å². The molecule has 6 nitrogen and oxygen atoms in total. The van der Waals surface area contributed by atoms with E-state index in [1.807, 2.05) is 29.2 Å². The van der Waals surface area contributed by atoms with E-state index in [9.17, 15) is 9.59 Å². The van der Waals surface area contributed by atoms with Gasteiger partial charge in [0.1, 0.15) is 5.75 Å². The summed E-state index contributed by atoms with van der Waals surface area (Å²) >= 11 is 3.39. The van der Waals surface area contributed by atoms with Crippen LogP contribution in [0.2, 0.25) is 0 Å². The second-order valence-corrected chi connectivity index (χ2v) is 7.54. The van der Waals surface area contributed by atoms with Gasteiger partial charge in [0.05, 0.1) is 7.11 Å². The van der Waals surface area contributed by atoms with E-state index in [2.05, 4.69) is 26.1 Å². The normalized spacial score (nSPS) is 14.6. The zero-order valence-corrected chi connectivity index (χ0v) is 17.4. The second kappa shape index (κ2) is 9.71. The number of methoxy groups -OCH3 is 1. The quantitative estimate of drug-likeness (QED) is 0.742. The molecule has 0 unspecified atom stereocenters. The Morgan fingerprint density at radius 3 is 2.18 bits per heavy atom. The third-order valence-electron chi connectivity index (χ3n) is 4.82. The molecule has 1 fully saturated rings. The highest BCUT2D eigenvalue weighted by atomic mass is 79.9. The molecule has 1 heterocycles. The summed E-state index contributed by atoms with van der Waals surface area (Å²) in [4.78, 5) is 28.9. The van der Waals surface area contributed by atoms with Gasteiger partial charge in [0.2, 0.25) is 0 Å². The topological polar surface area (TPSA) is 61.9 Å². The highest BCUT2D eigenvalue weighted by molar-refractivity contribution is 9.10. The Labute approximate surface area is 173 Å². The third kappa shape index (κ3) is 5.33. The van der Waals surface area contributed by atoms with Gasteiger partial charge in [-0.15, -0.1) is 0 Å². The number of hydrogen-bond acceptors (Lipinski definition) is 4. The molecule has 0 radical (unpaired) electrons. The number of benzene rings is 2. The predicted molar refractivity (Wildman–Crippen MR) is 112 cm³/mol. The Morgan fingerprint density at radius 2 is 1.57 bits per heavy atom. The van der Waals surface area contributed by atoms with E-state index >= 15 is 0 Å². The Kier molecular flexibility index (Phi) is 7.06. The van der Waals surface area contributed by atoms with Crippen molar-refractivity contribution in [2.45, 2.75) is 0 Å². The summed E-state index contributed by atoms with van der Waals surface area (Å²) in [6, 6.07) is 14.5. The molecule has 0 bridgehead atoms. The van der Waals surface area contributed by atoms with Crippen LogP contribution in [0.1, 0.15) is 20.7 Å². The maximum Gasteiger partial charge on any atom is 0.253 e. The fraction of sp³-hybridized carbons (Fsp3) is 0.333. The second-order valence-electron chi connectivity index (χ2n) is 6.63. The predicted octanol–water partition coefficient (Wildman–Crippen LogP) is 2.65. The smallest absolute Gasteiger partial charge is 0.253 e. The summed E-state index contributed by atoms with van der Waals surface area (Å²) in [5, 5.41) is 2.94. The number of rotatable bonds is 6. The lowest BCUT2D eigenvalue weighted by Gasteiger charge is -2.34. The molecule has 148 valence electrons. The minimum atomic E-state index is -0.0910. The summed E-state index contributed by atoms with van der Waals surface area (Å²) in [6.45, 7) is 4.34. The Morgan fingerprint density at radius 1 is 0.964 bits per heavy atom. The van der Waals surface area contributed by atoms with Crippen molar-refractivity contribution < 1.29 is 14.3 Å². The van der Waals surface area contributed by atoms with E-state index in [4.69, 9.17) is 4.74 Å². The van der Waals surface area contributed by atoms with Crippen LogP contribution < -0.4 is 10.1 Å². The van der Waals surface area contributed by atoms with Gasteiger partial charge in [-0.3, -0.25) is 14.5 Å². The molecule has 1 aliphatic rings. The number of nitrogens with zero attached hydrogens (tertiary/aromatic N) is 2. The standard InChI is InChI=1S/C21H24BrN3O3/c1-28-19-8-4-16(5-9-19)20(26)23-10-11-24-12-14-25(15-13-24)21(27)17-2-6-18(22)7-3-17/h2-9H,10-15H2,1H3,(H,23,26). The van der Waals surface area contributed by atoms with Gasteiger partial charge < -0.3 is 15.0 Å². The minimum Gasteiger partial charge on any atom is -0.497 e. The SMILES string of the molecule is COc1ccc(C(=O)NCCN2CCN(C(=O)c3ccc(Br)cc3)CC2)cc1. The fourth-order valence-electron chi connectivity index (χ4n) is 3.12. The highest BCUT2D eigenvalue weighted by Crippen LogP contribution is 2.14. The monoisotopic (exact) mass is 445 g/mol. The maximum absolute atomic E-state index is 12.5. The molecule has 2 amide bonds. The van der Waals surface area contributed by atoms with Crippen LogP contribution in [-0.4, -0.2) is 68.0 Å². The molecule has 0 aliphatic carbocycles. The molecule has 0 spiro atoms. The van der Waals surface area contributed by atoms with Crippen LogP contribution in [0.25, 0.3) is 0 Å². The summed E-state index contributed by atoms with van der Waals surface area (Å²) in [5.41, 5.74) is 1.33. The van der Waals surface area contributed by atoms with Gasteiger partial charge in [0.25, 0.3) is 11.8 Å². The van der Waals surface area contributed by atoms with Gasteiger partial charge in [-0.25, -0.2) is 0 Å². The average Bonchev–Trinajstić information content (AvgIpc) is 2.74. The molecule has 0 aromatic heterocycles. The lowest BCUT2D eigenvalue weighted by Crippen LogP contribution is -2.50. The van der Waals surface area contributed by atoms with Gasteiger partial charge in [0, 0.05) is 54.9 Å². The molecule has 2 aromatic rings. The first-order valence-electron chi connectivity index (χ1n) is 9.26. The molecule has 0 saturated carbocycles. The lowest BCUT2D eigenvalue weighted by molar-refractivity contribution is 0.0638. The van der Waals surface area contributed by atoms with Crippen molar-refractivity contribution in [3.8, 4) is 5.75 Å². The van der Waals surface area contributed by atoms with Crippen LogP contribution >= 0.6 is 15.9 Å². The van der Waals surface area contributed by atoms with Crippen LogP contribution in [-0.2, 0) is 0 Å². The molecule has 1 N–H and O–H groups in total. The lowest BCUT2D eigenvalue weighted by atomic mass is 10.2. The largest absolute Gasteiger partial charge is 0.497 e. The van der Waals surface area contributed by atoms with Crippen LogP contribution in [0, 0.1) is 0 Å². The first kappa shape index (κ1) is 20.4.